The van der Waals surface area contributed by atoms with Crippen LogP contribution in [0.3, 0.4) is 0 Å². The van der Waals surface area contributed by atoms with Crippen molar-refractivity contribution in [2.45, 2.75) is 26.9 Å². The molecule has 2 rings (SSSR count). The van der Waals surface area contributed by atoms with Crippen LogP contribution >= 0.6 is 0 Å². The first-order valence-corrected chi connectivity index (χ1v) is 7.68. The van der Waals surface area contributed by atoms with Crippen molar-refractivity contribution >= 4 is 5.91 Å². The van der Waals surface area contributed by atoms with Gasteiger partial charge in [0.1, 0.15) is 18.5 Å². The fraction of sp³-hybridized carbons (Fsp3) is 0.316. The maximum Gasteiger partial charge on any atom is 0.251 e. The van der Waals surface area contributed by atoms with Crippen molar-refractivity contribution in [1.29, 1.82) is 0 Å². The number of benzene rings is 2. The van der Waals surface area contributed by atoms with E-state index in [0.717, 1.165) is 16.7 Å². The molecule has 0 heterocycles. The Morgan fingerprint density at radius 2 is 1.87 bits per heavy atom. The van der Waals surface area contributed by atoms with Gasteiger partial charge >= 0.3 is 0 Å². The highest BCUT2D eigenvalue weighted by molar-refractivity contribution is 5.95. The van der Waals surface area contributed by atoms with E-state index < -0.39 is 6.10 Å². The Balaban J connectivity index is 1.83. The smallest absolute Gasteiger partial charge is 0.251 e. The molecule has 0 bridgehead atoms. The summed E-state index contributed by atoms with van der Waals surface area (Å²) in [7, 11) is 0. The second-order valence-electron chi connectivity index (χ2n) is 5.81. The zero-order chi connectivity index (χ0) is 16.8. The van der Waals surface area contributed by atoms with Crippen LogP contribution in [-0.4, -0.2) is 30.3 Å². The average Bonchev–Trinajstić information content (AvgIpc) is 2.53. The summed E-state index contributed by atoms with van der Waals surface area (Å²) >= 11 is 0. The van der Waals surface area contributed by atoms with E-state index in [0.29, 0.717) is 11.3 Å². The molecule has 0 saturated heterocycles. The Morgan fingerprint density at radius 3 is 2.61 bits per heavy atom. The molecular weight excluding hydrogens is 290 g/mol. The van der Waals surface area contributed by atoms with Gasteiger partial charge in [-0.25, -0.2) is 0 Å². The largest absolute Gasteiger partial charge is 0.491 e. The topological polar surface area (TPSA) is 58.6 Å². The number of nitrogens with one attached hydrogen (secondary N) is 1. The minimum atomic E-state index is -0.760. The SMILES string of the molecule is Cc1cccc(OCC(O)CNC(=O)c2cc(C)ccc2C)c1. The summed E-state index contributed by atoms with van der Waals surface area (Å²) in [6.45, 7) is 6.11. The van der Waals surface area contributed by atoms with E-state index in [2.05, 4.69) is 5.32 Å². The molecule has 0 aliphatic heterocycles. The summed E-state index contributed by atoms with van der Waals surface area (Å²) in [5.74, 6) is 0.533. The number of aliphatic hydroxyl groups is 1. The van der Waals surface area contributed by atoms with E-state index in [1.807, 2.05) is 63.2 Å². The molecule has 0 saturated carbocycles. The number of ether oxygens (including phenoxy) is 1. The third-order valence-corrected chi connectivity index (χ3v) is 3.57. The first-order valence-electron chi connectivity index (χ1n) is 7.68. The number of amides is 1. The van der Waals surface area contributed by atoms with E-state index >= 15 is 0 Å². The highest BCUT2D eigenvalue weighted by Crippen LogP contribution is 2.13. The van der Waals surface area contributed by atoms with Crippen molar-refractivity contribution in [3.05, 3.63) is 64.7 Å². The summed E-state index contributed by atoms with van der Waals surface area (Å²) in [5, 5.41) is 12.7. The Hall–Kier alpha value is -2.33. The number of aryl methyl sites for hydroxylation is 3. The Labute approximate surface area is 137 Å². The molecule has 0 aliphatic rings. The molecule has 1 atom stereocenters. The molecule has 0 spiro atoms. The minimum absolute atomic E-state index is 0.135. The normalized spacial score (nSPS) is 11.8. The molecule has 23 heavy (non-hydrogen) atoms. The van der Waals surface area contributed by atoms with Gasteiger partial charge < -0.3 is 15.2 Å². The summed E-state index contributed by atoms with van der Waals surface area (Å²) in [4.78, 5) is 12.2. The van der Waals surface area contributed by atoms with E-state index in [1.54, 1.807) is 0 Å². The van der Waals surface area contributed by atoms with Crippen LogP contribution in [-0.2, 0) is 0 Å². The Morgan fingerprint density at radius 1 is 1.13 bits per heavy atom. The number of carbonyl (C=O) groups is 1. The monoisotopic (exact) mass is 313 g/mol. The molecule has 4 nitrogen and oxygen atoms in total. The molecule has 0 fully saturated rings. The standard InChI is InChI=1S/C19H23NO3/c1-13-5-4-6-17(9-13)23-12-16(21)11-20-19(22)18-10-14(2)7-8-15(18)3/h4-10,16,21H,11-12H2,1-3H3,(H,20,22). The van der Waals surface area contributed by atoms with Crippen molar-refractivity contribution in [3.63, 3.8) is 0 Å². The van der Waals surface area contributed by atoms with Gasteiger partial charge in [-0.3, -0.25) is 4.79 Å². The third-order valence-electron chi connectivity index (χ3n) is 3.57. The van der Waals surface area contributed by atoms with Crippen molar-refractivity contribution in [1.82, 2.24) is 5.32 Å². The lowest BCUT2D eigenvalue weighted by Gasteiger charge is -2.14. The van der Waals surface area contributed by atoms with Gasteiger partial charge in [0.15, 0.2) is 0 Å². The summed E-state index contributed by atoms with van der Waals surface area (Å²) in [5.41, 5.74) is 3.68. The predicted molar refractivity (Wildman–Crippen MR) is 90.9 cm³/mol. The van der Waals surface area contributed by atoms with E-state index in [1.165, 1.54) is 0 Å². The zero-order valence-electron chi connectivity index (χ0n) is 13.8. The maximum absolute atomic E-state index is 12.2. The van der Waals surface area contributed by atoms with Crippen LogP contribution in [0.2, 0.25) is 0 Å². The van der Waals surface area contributed by atoms with Crippen LogP contribution in [0.5, 0.6) is 5.75 Å². The van der Waals surface area contributed by atoms with E-state index in [-0.39, 0.29) is 19.1 Å². The van der Waals surface area contributed by atoms with Crippen molar-refractivity contribution in [2.24, 2.45) is 0 Å². The molecule has 0 aromatic heterocycles. The molecule has 2 N–H and O–H groups in total. The summed E-state index contributed by atoms with van der Waals surface area (Å²) < 4.78 is 5.53. The van der Waals surface area contributed by atoms with Crippen LogP contribution < -0.4 is 10.1 Å². The lowest BCUT2D eigenvalue weighted by molar-refractivity contribution is 0.0843. The quantitative estimate of drug-likeness (QED) is 0.862. The Bertz CT molecular complexity index is 682. The number of rotatable bonds is 6. The second-order valence-corrected chi connectivity index (χ2v) is 5.81. The van der Waals surface area contributed by atoms with Crippen molar-refractivity contribution in [3.8, 4) is 5.75 Å². The molecule has 122 valence electrons. The van der Waals surface area contributed by atoms with Crippen LogP contribution in [0.15, 0.2) is 42.5 Å². The van der Waals surface area contributed by atoms with Crippen LogP contribution in [0, 0.1) is 20.8 Å². The first-order chi connectivity index (χ1) is 11.0. The van der Waals surface area contributed by atoms with Gasteiger partial charge in [0, 0.05) is 12.1 Å². The number of hydrogen-bond acceptors (Lipinski definition) is 3. The van der Waals surface area contributed by atoms with Crippen LogP contribution in [0.1, 0.15) is 27.0 Å². The number of aliphatic hydroxyl groups excluding tert-OH is 1. The van der Waals surface area contributed by atoms with Crippen LogP contribution in [0.4, 0.5) is 0 Å². The fourth-order valence-corrected chi connectivity index (χ4v) is 2.24. The maximum atomic E-state index is 12.2. The van der Waals surface area contributed by atoms with Gasteiger partial charge in [0.25, 0.3) is 5.91 Å². The van der Waals surface area contributed by atoms with Gasteiger partial charge in [0.2, 0.25) is 0 Å². The fourth-order valence-electron chi connectivity index (χ4n) is 2.24. The summed E-state index contributed by atoms with van der Waals surface area (Å²) in [6.07, 6.45) is -0.760. The molecule has 0 aliphatic carbocycles. The Kier molecular flexibility index (Phi) is 5.77. The van der Waals surface area contributed by atoms with E-state index in [4.69, 9.17) is 4.74 Å². The second kappa shape index (κ2) is 7.79. The summed E-state index contributed by atoms with van der Waals surface area (Å²) in [6, 6.07) is 13.4. The van der Waals surface area contributed by atoms with Gasteiger partial charge in [-0.05, 0) is 50.1 Å². The van der Waals surface area contributed by atoms with Crippen molar-refractivity contribution in [2.75, 3.05) is 13.2 Å². The van der Waals surface area contributed by atoms with Gasteiger partial charge in [-0.2, -0.15) is 0 Å². The molecule has 2 aromatic rings. The molecule has 1 unspecified atom stereocenters. The minimum Gasteiger partial charge on any atom is -0.491 e. The first kappa shape index (κ1) is 17.0. The molecule has 4 heteroatoms. The number of hydrogen-bond donors (Lipinski definition) is 2. The highest BCUT2D eigenvalue weighted by Gasteiger charge is 2.12. The zero-order valence-corrected chi connectivity index (χ0v) is 13.8. The van der Waals surface area contributed by atoms with E-state index in [9.17, 15) is 9.90 Å². The molecule has 1 amide bonds. The van der Waals surface area contributed by atoms with Gasteiger partial charge in [-0.1, -0.05) is 29.8 Å². The highest BCUT2D eigenvalue weighted by atomic mass is 16.5. The van der Waals surface area contributed by atoms with Crippen molar-refractivity contribution < 1.29 is 14.6 Å². The lowest BCUT2D eigenvalue weighted by Crippen LogP contribution is -2.35. The predicted octanol–water partition coefficient (Wildman–Crippen LogP) is 2.78. The lowest BCUT2D eigenvalue weighted by atomic mass is 10.1. The molecular formula is C19H23NO3. The average molecular weight is 313 g/mol. The van der Waals surface area contributed by atoms with Crippen LogP contribution in [0.25, 0.3) is 0 Å². The third kappa shape index (κ3) is 5.11. The van der Waals surface area contributed by atoms with Gasteiger partial charge in [0.05, 0.1) is 0 Å². The van der Waals surface area contributed by atoms with Gasteiger partial charge in [-0.15, -0.1) is 0 Å². The molecule has 2 aromatic carbocycles. The molecule has 0 radical (unpaired) electrons. The number of carbonyl (C=O) groups excluding carboxylic acids is 1.